The second kappa shape index (κ2) is 5.58. The summed E-state index contributed by atoms with van der Waals surface area (Å²) < 4.78 is 5.12. The zero-order chi connectivity index (χ0) is 14.8. The number of halogens is 1. The first-order valence-electron chi connectivity index (χ1n) is 6.48. The molecule has 0 aromatic heterocycles. The van der Waals surface area contributed by atoms with Gasteiger partial charge < -0.3 is 4.74 Å². The summed E-state index contributed by atoms with van der Waals surface area (Å²) in [7, 11) is 1.62. The highest BCUT2D eigenvalue weighted by atomic mass is 35.5. The quantitative estimate of drug-likeness (QED) is 0.870. The zero-order valence-electron chi connectivity index (χ0n) is 11.4. The molecule has 1 amide bonds. The maximum atomic E-state index is 12.1. The molecule has 0 unspecified atom stereocenters. The van der Waals surface area contributed by atoms with Crippen LogP contribution in [0.5, 0.6) is 5.75 Å². The van der Waals surface area contributed by atoms with Gasteiger partial charge in [0.05, 0.1) is 24.9 Å². The number of hydrazone groups is 1. The van der Waals surface area contributed by atoms with E-state index < -0.39 is 0 Å². The van der Waals surface area contributed by atoms with Gasteiger partial charge in [0, 0.05) is 5.02 Å². The average molecular weight is 301 g/mol. The van der Waals surface area contributed by atoms with Gasteiger partial charge >= 0.3 is 0 Å². The fourth-order valence-electron chi connectivity index (χ4n) is 2.16. The van der Waals surface area contributed by atoms with Gasteiger partial charge in [-0.25, -0.2) is 5.01 Å². The number of carbonyl (C=O) groups excluding carboxylic acids is 1. The molecule has 106 valence electrons. The van der Waals surface area contributed by atoms with E-state index in [-0.39, 0.29) is 12.3 Å². The average Bonchev–Trinajstić information content (AvgIpc) is 2.90. The number of methoxy groups -OCH3 is 1. The van der Waals surface area contributed by atoms with Crippen molar-refractivity contribution in [2.45, 2.75) is 6.42 Å². The fourth-order valence-corrected chi connectivity index (χ4v) is 2.28. The molecule has 0 aliphatic carbocycles. The van der Waals surface area contributed by atoms with Gasteiger partial charge in [-0.2, -0.15) is 5.10 Å². The lowest BCUT2D eigenvalue weighted by Gasteiger charge is -2.11. The summed E-state index contributed by atoms with van der Waals surface area (Å²) in [5.41, 5.74) is 2.38. The Labute approximate surface area is 127 Å². The third-order valence-electron chi connectivity index (χ3n) is 3.27. The van der Waals surface area contributed by atoms with Crippen molar-refractivity contribution >= 4 is 28.9 Å². The molecule has 1 heterocycles. The van der Waals surface area contributed by atoms with E-state index in [0.29, 0.717) is 10.7 Å². The summed E-state index contributed by atoms with van der Waals surface area (Å²) in [6, 6.07) is 14.5. The molecule has 0 saturated carbocycles. The van der Waals surface area contributed by atoms with Crippen LogP contribution in [0.3, 0.4) is 0 Å². The Morgan fingerprint density at radius 3 is 2.38 bits per heavy atom. The largest absolute Gasteiger partial charge is 0.497 e. The van der Waals surface area contributed by atoms with Gasteiger partial charge in [-0.3, -0.25) is 4.79 Å². The first kappa shape index (κ1) is 13.6. The molecule has 0 fully saturated rings. The van der Waals surface area contributed by atoms with Gasteiger partial charge in [0.25, 0.3) is 5.91 Å². The molecule has 0 saturated heterocycles. The molecular weight excluding hydrogens is 288 g/mol. The number of hydrogen-bond acceptors (Lipinski definition) is 3. The molecule has 3 rings (SSSR count). The molecule has 1 aliphatic rings. The third-order valence-corrected chi connectivity index (χ3v) is 3.52. The summed E-state index contributed by atoms with van der Waals surface area (Å²) in [5.74, 6) is 0.723. The molecule has 0 radical (unpaired) electrons. The SMILES string of the molecule is COc1ccc(C2=NN(c3ccc(Cl)cc3)C(=O)C2)cc1. The lowest BCUT2D eigenvalue weighted by atomic mass is 10.1. The minimum absolute atomic E-state index is 0.0526. The lowest BCUT2D eigenvalue weighted by molar-refractivity contribution is -0.116. The number of anilines is 1. The van der Waals surface area contributed by atoms with E-state index >= 15 is 0 Å². The van der Waals surface area contributed by atoms with Crippen molar-refractivity contribution in [1.82, 2.24) is 0 Å². The molecule has 0 bridgehead atoms. The van der Waals surface area contributed by atoms with Crippen molar-refractivity contribution in [2.75, 3.05) is 12.1 Å². The van der Waals surface area contributed by atoms with Gasteiger partial charge in [-0.1, -0.05) is 11.6 Å². The van der Waals surface area contributed by atoms with Crippen LogP contribution in [-0.4, -0.2) is 18.7 Å². The third kappa shape index (κ3) is 2.76. The molecular formula is C16H13ClN2O2. The van der Waals surface area contributed by atoms with Crippen molar-refractivity contribution in [3.05, 3.63) is 59.1 Å². The van der Waals surface area contributed by atoms with E-state index in [4.69, 9.17) is 16.3 Å². The van der Waals surface area contributed by atoms with Crippen LogP contribution in [0.4, 0.5) is 5.69 Å². The van der Waals surface area contributed by atoms with Crippen LogP contribution >= 0.6 is 11.6 Å². The van der Waals surface area contributed by atoms with Crippen molar-refractivity contribution in [1.29, 1.82) is 0 Å². The van der Waals surface area contributed by atoms with E-state index in [2.05, 4.69) is 5.10 Å². The van der Waals surface area contributed by atoms with Crippen molar-refractivity contribution in [3.63, 3.8) is 0 Å². The smallest absolute Gasteiger partial charge is 0.253 e. The molecule has 2 aromatic rings. The number of amides is 1. The summed E-state index contributed by atoms with van der Waals surface area (Å²) in [6.07, 6.45) is 0.287. The Balaban J connectivity index is 1.89. The number of nitrogens with zero attached hydrogens (tertiary/aromatic N) is 2. The highest BCUT2D eigenvalue weighted by Crippen LogP contribution is 2.25. The summed E-state index contributed by atoms with van der Waals surface area (Å²) in [4.78, 5) is 12.1. The van der Waals surface area contributed by atoms with Crippen LogP contribution in [0.2, 0.25) is 5.02 Å². The van der Waals surface area contributed by atoms with Gasteiger partial charge in [0.1, 0.15) is 5.75 Å². The molecule has 21 heavy (non-hydrogen) atoms. The predicted octanol–water partition coefficient (Wildman–Crippen LogP) is 3.49. The van der Waals surface area contributed by atoms with Crippen LogP contribution in [0.1, 0.15) is 12.0 Å². The maximum Gasteiger partial charge on any atom is 0.253 e. The van der Waals surface area contributed by atoms with Gasteiger partial charge in [-0.05, 0) is 54.1 Å². The van der Waals surface area contributed by atoms with Crippen LogP contribution in [0, 0.1) is 0 Å². The normalized spacial score (nSPS) is 14.3. The van der Waals surface area contributed by atoms with Crippen LogP contribution in [0.15, 0.2) is 53.6 Å². The molecule has 0 N–H and O–H groups in total. The van der Waals surface area contributed by atoms with Gasteiger partial charge in [0.15, 0.2) is 0 Å². The molecule has 0 spiro atoms. The van der Waals surface area contributed by atoms with Gasteiger partial charge in [-0.15, -0.1) is 0 Å². The first-order valence-corrected chi connectivity index (χ1v) is 6.85. The lowest BCUT2D eigenvalue weighted by Crippen LogP contribution is -2.19. The molecule has 4 nitrogen and oxygen atoms in total. The zero-order valence-corrected chi connectivity index (χ0v) is 12.2. The van der Waals surface area contributed by atoms with Crippen LogP contribution < -0.4 is 9.75 Å². The van der Waals surface area contributed by atoms with Crippen molar-refractivity contribution in [3.8, 4) is 5.75 Å². The maximum absolute atomic E-state index is 12.1. The van der Waals surface area contributed by atoms with E-state index in [9.17, 15) is 4.79 Å². The minimum atomic E-state index is -0.0526. The second-order valence-electron chi connectivity index (χ2n) is 4.63. The summed E-state index contributed by atoms with van der Waals surface area (Å²) in [5, 5.41) is 6.45. The molecule has 1 aliphatic heterocycles. The molecule has 0 atom stereocenters. The highest BCUT2D eigenvalue weighted by molar-refractivity contribution is 6.30. The predicted molar refractivity (Wildman–Crippen MR) is 83.1 cm³/mol. The van der Waals surface area contributed by atoms with Crippen molar-refractivity contribution in [2.24, 2.45) is 5.10 Å². The van der Waals surface area contributed by atoms with E-state index in [1.807, 2.05) is 24.3 Å². The number of hydrogen-bond donors (Lipinski definition) is 0. The number of ether oxygens (including phenoxy) is 1. The van der Waals surface area contributed by atoms with Gasteiger partial charge in [0.2, 0.25) is 0 Å². The van der Waals surface area contributed by atoms with E-state index in [1.165, 1.54) is 5.01 Å². The molecule has 2 aromatic carbocycles. The number of benzene rings is 2. The highest BCUT2D eigenvalue weighted by Gasteiger charge is 2.25. The minimum Gasteiger partial charge on any atom is -0.497 e. The Bertz CT molecular complexity index is 693. The van der Waals surface area contributed by atoms with E-state index in [0.717, 1.165) is 17.0 Å². The topological polar surface area (TPSA) is 41.9 Å². The second-order valence-corrected chi connectivity index (χ2v) is 5.07. The Morgan fingerprint density at radius 1 is 1.10 bits per heavy atom. The fraction of sp³-hybridized carbons (Fsp3) is 0.125. The number of rotatable bonds is 3. The Kier molecular flexibility index (Phi) is 3.62. The standard InChI is InChI=1S/C16H13ClN2O2/c1-21-14-8-2-11(3-9-14)15-10-16(20)19(18-15)13-6-4-12(17)5-7-13/h2-9H,10H2,1H3. The Hall–Kier alpha value is -2.33. The number of carbonyl (C=O) groups is 1. The van der Waals surface area contributed by atoms with E-state index in [1.54, 1.807) is 31.4 Å². The molecule has 5 heteroatoms. The van der Waals surface area contributed by atoms with Crippen molar-refractivity contribution < 1.29 is 9.53 Å². The monoisotopic (exact) mass is 300 g/mol. The van der Waals surface area contributed by atoms with Crippen LogP contribution in [-0.2, 0) is 4.79 Å². The summed E-state index contributed by atoms with van der Waals surface area (Å²) >= 11 is 5.86. The van der Waals surface area contributed by atoms with Crippen LogP contribution in [0.25, 0.3) is 0 Å². The Morgan fingerprint density at radius 2 is 1.76 bits per heavy atom. The first-order chi connectivity index (χ1) is 10.2. The summed E-state index contributed by atoms with van der Waals surface area (Å²) in [6.45, 7) is 0.